The Morgan fingerprint density at radius 3 is 1.86 bits per heavy atom. The second-order valence-corrected chi connectivity index (χ2v) is 12.1. The number of nitrogens with zero attached hydrogens (tertiary/aromatic N) is 2. The predicted molar refractivity (Wildman–Crippen MR) is 182 cm³/mol. The van der Waals surface area contributed by atoms with Crippen LogP contribution in [0.15, 0.2) is 65.8 Å². The standard InChI is InChI=1S/C38H51N3O2/c1-6-7-8-9-10-11-12-13-14-15-16-23-43-32-19-22-36(37(42)26-32)41-27-35(33-20-17-28(2)24-30(33)4)39-38(40-41)34-21-18-29(3)25-31(34)5/h17-22,24-27,42H,6-16,23H2,1-5H3,(H,39,40). The normalized spacial score (nSPS) is 13.0. The van der Waals surface area contributed by atoms with Gasteiger partial charge in [-0.25, -0.2) is 4.99 Å². The third-order valence-electron chi connectivity index (χ3n) is 8.23. The van der Waals surface area contributed by atoms with E-state index in [1.165, 1.54) is 75.3 Å². The van der Waals surface area contributed by atoms with Gasteiger partial charge in [-0.2, -0.15) is 0 Å². The summed E-state index contributed by atoms with van der Waals surface area (Å²) in [7, 11) is 0. The van der Waals surface area contributed by atoms with Crippen LogP contribution in [0.3, 0.4) is 0 Å². The molecule has 5 heteroatoms. The molecule has 0 bridgehead atoms. The van der Waals surface area contributed by atoms with E-state index < -0.39 is 0 Å². The smallest absolute Gasteiger partial charge is 0.153 e. The number of phenols is 1. The molecule has 0 amide bonds. The average Bonchev–Trinajstić information content (AvgIpc) is 2.97. The molecule has 0 aliphatic carbocycles. The molecule has 0 fully saturated rings. The van der Waals surface area contributed by atoms with Gasteiger partial charge in [-0.1, -0.05) is 119 Å². The number of phenolic OH excluding ortho intramolecular Hbond substituents is 1. The van der Waals surface area contributed by atoms with Gasteiger partial charge in [-0.05, 0) is 57.4 Å². The van der Waals surface area contributed by atoms with Gasteiger partial charge in [-0.15, -0.1) is 0 Å². The van der Waals surface area contributed by atoms with Crippen molar-refractivity contribution in [1.82, 2.24) is 5.43 Å². The Kier molecular flexibility index (Phi) is 12.1. The minimum atomic E-state index is 0.155. The minimum Gasteiger partial charge on any atom is -0.506 e. The quantitative estimate of drug-likeness (QED) is 0.165. The van der Waals surface area contributed by atoms with Crippen LogP contribution in [-0.2, 0) is 0 Å². The fourth-order valence-corrected chi connectivity index (χ4v) is 5.76. The molecule has 43 heavy (non-hydrogen) atoms. The summed E-state index contributed by atoms with van der Waals surface area (Å²) in [5.41, 5.74) is 11.7. The number of amidine groups is 1. The van der Waals surface area contributed by atoms with Crippen LogP contribution < -0.4 is 15.2 Å². The van der Waals surface area contributed by atoms with Crippen molar-refractivity contribution in [3.8, 4) is 11.5 Å². The van der Waals surface area contributed by atoms with Crippen molar-refractivity contribution in [3.63, 3.8) is 0 Å². The zero-order valence-electron chi connectivity index (χ0n) is 27.0. The third kappa shape index (κ3) is 9.38. The Morgan fingerprint density at radius 1 is 0.698 bits per heavy atom. The number of aryl methyl sites for hydroxylation is 4. The van der Waals surface area contributed by atoms with E-state index >= 15 is 0 Å². The molecule has 0 saturated carbocycles. The fraction of sp³-hybridized carbons (Fsp3) is 0.447. The molecule has 0 aromatic heterocycles. The summed E-state index contributed by atoms with van der Waals surface area (Å²) in [6.45, 7) is 11.3. The van der Waals surface area contributed by atoms with Gasteiger partial charge < -0.3 is 9.84 Å². The van der Waals surface area contributed by atoms with Crippen LogP contribution in [0, 0.1) is 27.7 Å². The molecular weight excluding hydrogens is 530 g/mol. The first kappa shape index (κ1) is 32.2. The second-order valence-electron chi connectivity index (χ2n) is 12.1. The number of unbranched alkanes of at least 4 members (excludes halogenated alkanes) is 10. The van der Waals surface area contributed by atoms with Gasteiger partial charge in [-0.3, -0.25) is 10.4 Å². The lowest BCUT2D eigenvalue weighted by Crippen LogP contribution is -2.42. The zero-order valence-corrected chi connectivity index (χ0v) is 27.0. The van der Waals surface area contributed by atoms with E-state index in [1.807, 2.05) is 23.3 Å². The number of nitrogens with one attached hydrogen (secondary N) is 1. The first-order valence-corrected chi connectivity index (χ1v) is 16.3. The first-order valence-electron chi connectivity index (χ1n) is 16.3. The molecule has 0 unspecified atom stereocenters. The maximum atomic E-state index is 11.1. The molecule has 3 aromatic carbocycles. The fourth-order valence-electron chi connectivity index (χ4n) is 5.76. The lowest BCUT2D eigenvalue weighted by Gasteiger charge is -2.30. The molecule has 4 rings (SSSR count). The van der Waals surface area contributed by atoms with Crippen LogP contribution in [0.1, 0.15) is 111 Å². The van der Waals surface area contributed by atoms with Gasteiger partial charge in [0.05, 0.1) is 18.5 Å². The second kappa shape index (κ2) is 16.2. The van der Waals surface area contributed by atoms with Crippen LogP contribution in [0.25, 0.3) is 5.70 Å². The van der Waals surface area contributed by atoms with Gasteiger partial charge in [0.25, 0.3) is 0 Å². The largest absolute Gasteiger partial charge is 0.506 e. The summed E-state index contributed by atoms with van der Waals surface area (Å²) in [4.78, 5) is 5.04. The molecule has 0 spiro atoms. The maximum absolute atomic E-state index is 11.1. The van der Waals surface area contributed by atoms with Crippen molar-refractivity contribution in [2.24, 2.45) is 4.99 Å². The highest BCUT2D eigenvalue weighted by Crippen LogP contribution is 2.34. The van der Waals surface area contributed by atoms with Crippen LogP contribution in [0.2, 0.25) is 0 Å². The van der Waals surface area contributed by atoms with Crippen molar-refractivity contribution < 1.29 is 9.84 Å². The van der Waals surface area contributed by atoms with E-state index in [2.05, 4.69) is 76.4 Å². The SMILES string of the molecule is CCCCCCCCCCCCCOc1ccc(N2C=C(c3ccc(C)cc3C)N=C(c3ccc(C)cc3C)N2)c(O)c1. The van der Waals surface area contributed by atoms with E-state index in [4.69, 9.17) is 9.73 Å². The number of hydrogen-bond acceptors (Lipinski definition) is 5. The Labute approximate surface area is 259 Å². The molecule has 230 valence electrons. The Hall–Kier alpha value is -3.73. The number of aliphatic imine (C=N–C) groups is 1. The Morgan fingerprint density at radius 2 is 1.28 bits per heavy atom. The Balaban J connectivity index is 1.38. The summed E-state index contributed by atoms with van der Waals surface area (Å²) in [6, 6.07) is 18.3. The molecule has 0 radical (unpaired) electrons. The van der Waals surface area contributed by atoms with Crippen molar-refractivity contribution in [1.29, 1.82) is 0 Å². The molecule has 2 N–H and O–H groups in total. The van der Waals surface area contributed by atoms with E-state index in [0.717, 1.165) is 40.2 Å². The van der Waals surface area contributed by atoms with Crippen molar-refractivity contribution >= 4 is 17.2 Å². The number of benzene rings is 3. The summed E-state index contributed by atoms with van der Waals surface area (Å²) >= 11 is 0. The lowest BCUT2D eigenvalue weighted by atomic mass is 10.0. The van der Waals surface area contributed by atoms with Crippen LogP contribution in [0.5, 0.6) is 11.5 Å². The molecular formula is C38H51N3O2. The van der Waals surface area contributed by atoms with Crippen LogP contribution in [0.4, 0.5) is 5.69 Å². The molecule has 1 aliphatic heterocycles. The zero-order chi connectivity index (χ0) is 30.6. The number of hydrazine groups is 1. The molecule has 0 atom stereocenters. The number of ether oxygens (including phenoxy) is 1. The number of aromatic hydroxyl groups is 1. The van der Waals surface area contributed by atoms with Crippen molar-refractivity contribution in [3.05, 3.63) is 94.2 Å². The van der Waals surface area contributed by atoms with Gasteiger partial charge in [0.2, 0.25) is 0 Å². The van der Waals surface area contributed by atoms with Crippen molar-refractivity contribution in [2.45, 2.75) is 105 Å². The van der Waals surface area contributed by atoms with Gasteiger partial charge >= 0.3 is 0 Å². The highest BCUT2D eigenvalue weighted by Gasteiger charge is 2.21. The van der Waals surface area contributed by atoms with E-state index in [9.17, 15) is 5.11 Å². The number of rotatable bonds is 16. The number of anilines is 1. The molecule has 1 aliphatic rings. The summed E-state index contributed by atoms with van der Waals surface area (Å²) in [6.07, 6.45) is 16.3. The minimum absolute atomic E-state index is 0.155. The van der Waals surface area contributed by atoms with Gasteiger partial charge in [0.15, 0.2) is 5.84 Å². The number of hydrogen-bond donors (Lipinski definition) is 2. The maximum Gasteiger partial charge on any atom is 0.153 e. The lowest BCUT2D eigenvalue weighted by molar-refractivity contribution is 0.302. The van der Waals surface area contributed by atoms with Gasteiger partial charge in [0.1, 0.15) is 17.2 Å². The molecule has 1 heterocycles. The molecule has 3 aromatic rings. The average molecular weight is 582 g/mol. The molecule has 5 nitrogen and oxygen atoms in total. The topological polar surface area (TPSA) is 57.1 Å². The van der Waals surface area contributed by atoms with Gasteiger partial charge in [0, 0.05) is 17.2 Å². The summed E-state index contributed by atoms with van der Waals surface area (Å²) in [5, 5.41) is 13.0. The van der Waals surface area contributed by atoms with E-state index in [1.54, 1.807) is 6.07 Å². The molecule has 0 saturated heterocycles. The highest BCUT2D eigenvalue weighted by atomic mass is 16.5. The third-order valence-corrected chi connectivity index (χ3v) is 8.23. The Bertz CT molecular complexity index is 1410. The van der Waals surface area contributed by atoms with E-state index in [-0.39, 0.29) is 5.75 Å². The summed E-state index contributed by atoms with van der Waals surface area (Å²) in [5.74, 6) is 1.58. The van der Waals surface area contributed by atoms with Crippen molar-refractivity contribution in [2.75, 3.05) is 11.6 Å². The van der Waals surface area contributed by atoms with Crippen LogP contribution >= 0.6 is 0 Å². The monoisotopic (exact) mass is 581 g/mol. The highest BCUT2D eigenvalue weighted by molar-refractivity contribution is 6.05. The summed E-state index contributed by atoms with van der Waals surface area (Å²) < 4.78 is 6.01. The predicted octanol–water partition coefficient (Wildman–Crippen LogP) is 10.1. The first-order chi connectivity index (χ1) is 20.9. The van der Waals surface area contributed by atoms with Crippen LogP contribution in [-0.4, -0.2) is 17.5 Å². The van der Waals surface area contributed by atoms with E-state index in [0.29, 0.717) is 18.0 Å².